The summed E-state index contributed by atoms with van der Waals surface area (Å²) in [6, 6.07) is 3.93. The molecule has 0 spiro atoms. The van der Waals surface area contributed by atoms with E-state index in [9.17, 15) is 4.79 Å². The number of aryl methyl sites for hydroxylation is 1. The zero-order valence-corrected chi connectivity index (χ0v) is 22.9. The molecule has 0 aliphatic carbocycles. The monoisotopic (exact) mass is 547 g/mol. The molecule has 0 N–H and O–H groups in total. The van der Waals surface area contributed by atoms with E-state index in [0.29, 0.717) is 59.1 Å². The fourth-order valence-electron chi connectivity index (χ4n) is 5.46. The Labute approximate surface area is 239 Å². The molecule has 0 aromatic carbocycles. The normalized spacial score (nSPS) is 16.2. The standard InChI is InChI=1S/C28H25B3FN5O4/c1-4-33-27(39-3)22-20(14-38)37(25(16-7-10-40-11-8-16)23-18(32)6-5-9-34-23)19-12-17(13-35-24(19)22)21-15(2)36-41-26(21)28(29,30)31/h4-6,9,12-13,16,25H,7-8,10-11H2,1-3H3/b27-22-,33-4?. The van der Waals surface area contributed by atoms with Gasteiger partial charge in [0.1, 0.15) is 22.4 Å². The van der Waals surface area contributed by atoms with E-state index < -0.39 is 17.0 Å². The first kappa shape index (κ1) is 28.6. The first-order valence-electron chi connectivity index (χ1n) is 13.0. The van der Waals surface area contributed by atoms with Gasteiger partial charge in [-0.2, -0.15) is 0 Å². The Hall–Kier alpha value is -3.95. The maximum absolute atomic E-state index is 15.5. The molecule has 9 nitrogen and oxygen atoms in total. The highest BCUT2D eigenvalue weighted by Gasteiger charge is 2.34. The predicted octanol–water partition coefficient (Wildman–Crippen LogP) is 1.47. The number of methoxy groups -OCH3 is 1. The Morgan fingerprint density at radius 1 is 1.32 bits per heavy atom. The number of hydrogen-bond donors (Lipinski definition) is 0. The van der Waals surface area contributed by atoms with E-state index in [4.69, 9.17) is 42.5 Å². The minimum absolute atomic E-state index is 0.0492. The van der Waals surface area contributed by atoms with Crippen LogP contribution < -0.4 is 10.6 Å². The lowest BCUT2D eigenvalue weighted by atomic mass is 9.41. The molecule has 0 bridgehead atoms. The van der Waals surface area contributed by atoms with Gasteiger partial charge in [-0.3, -0.25) is 9.97 Å². The molecule has 1 unspecified atom stereocenters. The maximum atomic E-state index is 15.5. The molecule has 5 heterocycles. The van der Waals surface area contributed by atoms with Gasteiger partial charge in [-0.15, -0.1) is 0 Å². The Morgan fingerprint density at radius 2 is 2.07 bits per heavy atom. The van der Waals surface area contributed by atoms with Gasteiger partial charge in [0.25, 0.3) is 0 Å². The first-order valence-corrected chi connectivity index (χ1v) is 13.0. The summed E-state index contributed by atoms with van der Waals surface area (Å²) in [5, 5.41) is 2.58. The molecule has 41 heavy (non-hydrogen) atoms. The molecule has 13 heteroatoms. The van der Waals surface area contributed by atoms with Crippen LogP contribution in [0.4, 0.5) is 4.39 Å². The number of carbonyl (C=O) groups excluding carboxylic acids is 1. The molecule has 202 valence electrons. The second-order valence-corrected chi connectivity index (χ2v) is 9.85. The molecule has 4 aromatic rings. The van der Waals surface area contributed by atoms with Gasteiger partial charge in [0.2, 0.25) is 5.88 Å². The summed E-state index contributed by atoms with van der Waals surface area (Å²) in [6.45, 7) is 4.40. The van der Waals surface area contributed by atoms with Gasteiger partial charge in [0.05, 0.1) is 58.8 Å². The third-order valence-electron chi connectivity index (χ3n) is 7.19. The van der Waals surface area contributed by atoms with E-state index in [-0.39, 0.29) is 28.6 Å². The number of hydrogen-bond acceptors (Lipinski definition) is 8. The van der Waals surface area contributed by atoms with Gasteiger partial charge in [-0.25, -0.2) is 14.2 Å². The molecule has 1 aliphatic heterocycles. The van der Waals surface area contributed by atoms with Crippen molar-refractivity contribution in [1.82, 2.24) is 19.7 Å². The molecule has 1 atom stereocenters. The second-order valence-electron chi connectivity index (χ2n) is 9.85. The van der Waals surface area contributed by atoms with Crippen molar-refractivity contribution in [3.05, 3.63) is 64.1 Å². The number of fused-ring (bicyclic) bond motifs is 1. The number of nitrogens with zero attached hydrogens (tertiary/aromatic N) is 5. The lowest BCUT2D eigenvalue weighted by molar-refractivity contribution is 0.0534. The minimum Gasteiger partial charge on any atom is -0.480 e. The van der Waals surface area contributed by atoms with E-state index in [1.165, 1.54) is 31.7 Å². The molecule has 1 aliphatic rings. The minimum atomic E-state index is -1.82. The van der Waals surface area contributed by atoms with Gasteiger partial charge in [0.15, 0.2) is 5.94 Å². The Kier molecular flexibility index (Phi) is 8.02. The van der Waals surface area contributed by atoms with Crippen LogP contribution in [0.25, 0.3) is 28.0 Å². The van der Waals surface area contributed by atoms with Crippen LogP contribution in [0.5, 0.6) is 0 Å². The van der Waals surface area contributed by atoms with E-state index in [2.05, 4.69) is 21.1 Å². The summed E-state index contributed by atoms with van der Waals surface area (Å²) in [7, 11) is 19.4. The third kappa shape index (κ3) is 5.16. The number of aliphatic imine (C=N–C) groups is 1. The smallest absolute Gasteiger partial charge is 0.225 e. The van der Waals surface area contributed by atoms with Crippen molar-refractivity contribution in [2.24, 2.45) is 10.9 Å². The first-order chi connectivity index (χ1) is 19.7. The van der Waals surface area contributed by atoms with Gasteiger partial charge in [-0.05, 0) is 50.8 Å². The van der Waals surface area contributed by atoms with Crippen LogP contribution in [0, 0.1) is 18.7 Å². The van der Waals surface area contributed by atoms with Crippen molar-refractivity contribution in [3.8, 4) is 11.1 Å². The molecular formula is C28H25B3FN5O4. The quantitative estimate of drug-likeness (QED) is 0.255. The molecule has 1 fully saturated rings. The van der Waals surface area contributed by atoms with Gasteiger partial charge in [0, 0.05) is 42.9 Å². The van der Waals surface area contributed by atoms with E-state index in [1.54, 1.807) is 30.7 Å². The van der Waals surface area contributed by atoms with Gasteiger partial charge >= 0.3 is 0 Å². The molecule has 4 aromatic heterocycles. The molecule has 1 saturated heterocycles. The zero-order valence-electron chi connectivity index (χ0n) is 22.9. The molecule has 5 rings (SSSR count). The molecule has 6 radical (unpaired) electrons. The summed E-state index contributed by atoms with van der Waals surface area (Å²) < 4.78 is 33.8. The molecule has 0 saturated carbocycles. The second kappa shape index (κ2) is 11.5. The van der Waals surface area contributed by atoms with Crippen LogP contribution in [0.15, 0.2) is 40.1 Å². The number of aromatic nitrogens is 4. The Balaban J connectivity index is 1.95. The van der Waals surface area contributed by atoms with Crippen molar-refractivity contribution >= 4 is 52.6 Å². The van der Waals surface area contributed by atoms with Crippen molar-refractivity contribution in [2.45, 2.75) is 37.8 Å². The van der Waals surface area contributed by atoms with Crippen LogP contribution in [0.2, 0.25) is 0 Å². The highest BCUT2D eigenvalue weighted by molar-refractivity contribution is 6.59. The Morgan fingerprint density at radius 3 is 2.71 bits per heavy atom. The number of rotatable bonds is 7. The lowest BCUT2D eigenvalue weighted by Crippen LogP contribution is -2.39. The summed E-state index contributed by atoms with van der Waals surface area (Å²) in [4.78, 5) is 26.3. The fourth-order valence-corrected chi connectivity index (χ4v) is 5.46. The van der Waals surface area contributed by atoms with Crippen LogP contribution in [-0.2, 0) is 19.4 Å². The van der Waals surface area contributed by atoms with Gasteiger partial charge < -0.3 is 18.6 Å². The highest BCUT2D eigenvalue weighted by Crippen LogP contribution is 2.37. The molecule has 0 amide bonds. The van der Waals surface area contributed by atoms with Crippen LogP contribution >= 0.6 is 0 Å². The molecular weight excluding hydrogens is 522 g/mol. The van der Waals surface area contributed by atoms with Crippen molar-refractivity contribution < 1.29 is 23.2 Å². The summed E-state index contributed by atoms with van der Waals surface area (Å²) in [6.07, 6.45) is 5.85. The van der Waals surface area contributed by atoms with E-state index >= 15 is 4.39 Å². The highest BCUT2D eigenvalue weighted by atomic mass is 19.1. The van der Waals surface area contributed by atoms with Crippen LogP contribution in [-0.4, -0.2) is 75.7 Å². The van der Waals surface area contributed by atoms with Crippen LogP contribution in [0.1, 0.15) is 43.0 Å². The van der Waals surface area contributed by atoms with Crippen molar-refractivity contribution in [2.75, 3.05) is 20.3 Å². The largest absolute Gasteiger partial charge is 0.480 e. The number of ether oxygens (including phenoxy) is 2. The Bertz CT molecular complexity index is 1770. The summed E-state index contributed by atoms with van der Waals surface area (Å²) in [5.41, 5.74) is 2.48. The fraction of sp³-hybridized carbons (Fsp3) is 0.357. The average Bonchev–Trinajstić information content (AvgIpc) is 3.51. The average molecular weight is 547 g/mol. The number of halogens is 1. The summed E-state index contributed by atoms with van der Waals surface area (Å²) in [5.74, 6) is 1.62. The predicted molar refractivity (Wildman–Crippen MR) is 153 cm³/mol. The van der Waals surface area contributed by atoms with Crippen molar-refractivity contribution in [1.29, 1.82) is 0 Å². The number of pyridine rings is 2. The van der Waals surface area contributed by atoms with E-state index in [0.717, 1.165) is 0 Å². The zero-order chi connectivity index (χ0) is 29.3. The lowest BCUT2D eigenvalue weighted by Gasteiger charge is -2.31. The van der Waals surface area contributed by atoms with E-state index in [1.807, 2.05) is 0 Å². The van der Waals surface area contributed by atoms with Crippen LogP contribution in [0.3, 0.4) is 0 Å². The van der Waals surface area contributed by atoms with Crippen molar-refractivity contribution in [3.63, 3.8) is 0 Å². The maximum Gasteiger partial charge on any atom is 0.225 e. The topological polar surface area (TPSA) is 105 Å². The summed E-state index contributed by atoms with van der Waals surface area (Å²) >= 11 is 0. The third-order valence-corrected chi connectivity index (χ3v) is 7.19. The SMILES string of the molecule is [B]C([B])([B])c1onc(C)c1-c1cnc2/c(=C(/N=CC)OC)c(=C=O)n(C(c3ncccc3F)C3CCOCC3)c2c1. The van der Waals surface area contributed by atoms with Gasteiger partial charge in [-0.1, -0.05) is 10.3 Å².